The van der Waals surface area contributed by atoms with Crippen molar-refractivity contribution in [1.82, 2.24) is 4.98 Å². The molecule has 0 aliphatic carbocycles. The van der Waals surface area contributed by atoms with Crippen molar-refractivity contribution in [3.05, 3.63) is 34.8 Å². The maximum absolute atomic E-state index is 11.1. The van der Waals surface area contributed by atoms with Crippen molar-refractivity contribution < 1.29 is 19.2 Å². The lowest BCUT2D eigenvalue weighted by molar-refractivity contribution is 0.00578. The predicted molar refractivity (Wildman–Crippen MR) is 99.3 cm³/mol. The highest BCUT2D eigenvalue weighted by Gasteiger charge is 2.51. The van der Waals surface area contributed by atoms with Gasteiger partial charge in [-0.05, 0) is 52.2 Å². The minimum absolute atomic E-state index is 0.0783. The Balaban J connectivity index is 1.81. The number of carbonyl (C=O) groups is 1. The molecule has 6 nitrogen and oxygen atoms in total. The summed E-state index contributed by atoms with van der Waals surface area (Å²) < 4.78 is 12.1. The van der Waals surface area contributed by atoms with Crippen molar-refractivity contribution in [2.45, 2.75) is 45.8 Å². The van der Waals surface area contributed by atoms with E-state index in [-0.39, 0.29) is 5.69 Å². The van der Waals surface area contributed by atoms with Gasteiger partial charge in [0.15, 0.2) is 10.8 Å². The lowest BCUT2D eigenvalue weighted by atomic mass is 9.79. The minimum Gasteiger partial charge on any atom is -0.476 e. The van der Waals surface area contributed by atoms with Gasteiger partial charge in [-0.25, -0.2) is 9.78 Å². The molecular formula is C17H21BN2O4S. The average molecular weight is 360 g/mol. The van der Waals surface area contributed by atoms with Gasteiger partial charge in [-0.15, -0.1) is 11.3 Å². The number of nitrogens with zero attached hydrogens (tertiary/aromatic N) is 1. The van der Waals surface area contributed by atoms with Crippen LogP contribution in [0.2, 0.25) is 0 Å². The third-order valence-corrected chi connectivity index (χ3v) is 5.55. The number of carboxylic acid groups (broad SMARTS) is 1. The van der Waals surface area contributed by atoms with E-state index in [0.717, 1.165) is 11.2 Å². The SMILES string of the molecule is Cc1sc(Nc2cccc(B3OC(C)(C)C(C)(C)O3)c2)nc1C(=O)O. The highest BCUT2D eigenvalue weighted by molar-refractivity contribution is 7.15. The molecule has 0 spiro atoms. The van der Waals surface area contributed by atoms with Gasteiger partial charge in [0, 0.05) is 10.6 Å². The monoisotopic (exact) mass is 360 g/mol. The zero-order valence-electron chi connectivity index (χ0n) is 14.9. The zero-order chi connectivity index (χ0) is 18.4. The van der Waals surface area contributed by atoms with Crippen LogP contribution in [-0.4, -0.2) is 34.4 Å². The molecule has 1 aromatic heterocycles. The molecular weight excluding hydrogens is 339 g/mol. The van der Waals surface area contributed by atoms with Crippen molar-refractivity contribution in [2.24, 2.45) is 0 Å². The number of benzene rings is 1. The summed E-state index contributed by atoms with van der Waals surface area (Å²) in [6.07, 6.45) is 0. The molecule has 3 rings (SSSR count). The van der Waals surface area contributed by atoms with E-state index in [4.69, 9.17) is 14.4 Å². The second-order valence-electron chi connectivity index (χ2n) is 7.07. The molecule has 2 heterocycles. The van der Waals surface area contributed by atoms with Gasteiger partial charge in [0.05, 0.1) is 11.2 Å². The quantitative estimate of drug-likeness (QED) is 0.815. The number of thiazole rings is 1. The molecule has 8 heteroatoms. The number of hydrogen-bond donors (Lipinski definition) is 2. The predicted octanol–water partition coefficient (Wildman–Crippen LogP) is 3.19. The van der Waals surface area contributed by atoms with Crippen LogP contribution in [0.3, 0.4) is 0 Å². The van der Waals surface area contributed by atoms with Gasteiger partial charge in [-0.3, -0.25) is 0 Å². The molecule has 1 aliphatic rings. The summed E-state index contributed by atoms with van der Waals surface area (Å²) >= 11 is 1.31. The van der Waals surface area contributed by atoms with E-state index < -0.39 is 24.3 Å². The van der Waals surface area contributed by atoms with Gasteiger partial charge in [-0.2, -0.15) is 0 Å². The van der Waals surface area contributed by atoms with E-state index in [0.29, 0.717) is 10.0 Å². The van der Waals surface area contributed by atoms with Gasteiger partial charge in [0.1, 0.15) is 0 Å². The first kappa shape index (κ1) is 17.9. The van der Waals surface area contributed by atoms with Crippen LogP contribution in [0.15, 0.2) is 24.3 Å². The number of hydrogen-bond acceptors (Lipinski definition) is 6. The Morgan fingerprint density at radius 3 is 2.44 bits per heavy atom. The van der Waals surface area contributed by atoms with Gasteiger partial charge in [-0.1, -0.05) is 12.1 Å². The zero-order valence-corrected chi connectivity index (χ0v) is 15.7. The van der Waals surface area contributed by atoms with Crippen LogP contribution in [-0.2, 0) is 9.31 Å². The second-order valence-corrected chi connectivity index (χ2v) is 8.27. The molecule has 25 heavy (non-hydrogen) atoms. The van der Waals surface area contributed by atoms with Crippen molar-refractivity contribution >= 4 is 40.7 Å². The summed E-state index contributed by atoms with van der Waals surface area (Å²) in [5.41, 5.74) is 0.983. The number of rotatable bonds is 4. The van der Waals surface area contributed by atoms with Crippen LogP contribution in [0.25, 0.3) is 0 Å². The molecule has 0 bridgehead atoms. The average Bonchev–Trinajstić information content (AvgIpc) is 2.96. The van der Waals surface area contributed by atoms with E-state index in [2.05, 4.69) is 10.3 Å². The van der Waals surface area contributed by atoms with Crippen LogP contribution in [0.5, 0.6) is 0 Å². The van der Waals surface area contributed by atoms with Crippen LogP contribution in [0.4, 0.5) is 10.8 Å². The van der Waals surface area contributed by atoms with Crippen molar-refractivity contribution in [2.75, 3.05) is 5.32 Å². The fourth-order valence-corrected chi connectivity index (χ4v) is 3.34. The fraction of sp³-hybridized carbons (Fsp3) is 0.412. The molecule has 132 valence electrons. The standard InChI is InChI=1S/C17H21BN2O4S/c1-10-13(14(21)22)20-15(25-10)19-12-8-6-7-11(9-12)18-23-16(2,3)17(4,5)24-18/h6-9H,1-5H3,(H,19,20)(H,21,22). The first-order valence-electron chi connectivity index (χ1n) is 8.02. The van der Waals surface area contributed by atoms with Gasteiger partial charge in [0.2, 0.25) is 0 Å². The highest BCUT2D eigenvalue weighted by atomic mass is 32.1. The van der Waals surface area contributed by atoms with Crippen LogP contribution < -0.4 is 10.8 Å². The number of aromatic nitrogens is 1. The number of anilines is 2. The summed E-state index contributed by atoms with van der Waals surface area (Å²) in [7, 11) is -0.445. The molecule has 2 aromatic rings. The van der Waals surface area contributed by atoms with Gasteiger partial charge < -0.3 is 19.7 Å². The highest BCUT2D eigenvalue weighted by Crippen LogP contribution is 2.36. The fourth-order valence-electron chi connectivity index (χ4n) is 2.51. The third-order valence-electron chi connectivity index (χ3n) is 4.66. The van der Waals surface area contributed by atoms with Crippen LogP contribution >= 0.6 is 11.3 Å². The summed E-state index contributed by atoms with van der Waals surface area (Å²) in [5, 5.41) is 12.8. The molecule has 1 aromatic carbocycles. The lowest BCUT2D eigenvalue weighted by Gasteiger charge is -2.32. The topological polar surface area (TPSA) is 80.7 Å². The van der Waals surface area contributed by atoms with Crippen molar-refractivity contribution in [3.63, 3.8) is 0 Å². The lowest BCUT2D eigenvalue weighted by Crippen LogP contribution is -2.41. The summed E-state index contributed by atoms with van der Waals surface area (Å²) in [6.45, 7) is 9.80. The number of nitrogens with one attached hydrogen (secondary N) is 1. The van der Waals surface area contributed by atoms with E-state index >= 15 is 0 Å². The smallest absolute Gasteiger partial charge is 0.476 e. The molecule has 1 aliphatic heterocycles. The van der Waals surface area contributed by atoms with E-state index in [1.807, 2.05) is 52.0 Å². The van der Waals surface area contributed by atoms with Gasteiger partial charge in [0.25, 0.3) is 0 Å². The Kier molecular flexibility index (Phi) is 4.39. The number of carboxylic acids is 1. The number of aromatic carboxylic acids is 1. The van der Waals surface area contributed by atoms with Crippen molar-refractivity contribution in [3.8, 4) is 0 Å². The molecule has 1 saturated heterocycles. The number of aryl methyl sites for hydroxylation is 1. The Bertz CT molecular complexity index is 803. The van der Waals surface area contributed by atoms with Crippen LogP contribution in [0.1, 0.15) is 43.1 Å². The minimum atomic E-state index is -1.02. The maximum Gasteiger partial charge on any atom is 0.494 e. The molecule has 1 fully saturated rings. The van der Waals surface area contributed by atoms with E-state index in [9.17, 15) is 4.79 Å². The summed E-state index contributed by atoms with van der Waals surface area (Å²) in [5.74, 6) is -1.02. The molecule has 0 atom stereocenters. The first-order valence-corrected chi connectivity index (χ1v) is 8.84. The second kappa shape index (κ2) is 6.12. The molecule has 0 amide bonds. The molecule has 2 N–H and O–H groups in total. The largest absolute Gasteiger partial charge is 0.494 e. The Morgan fingerprint density at radius 2 is 1.88 bits per heavy atom. The maximum atomic E-state index is 11.1. The Hall–Kier alpha value is -1.90. The Labute approximate surface area is 151 Å². The molecule has 0 unspecified atom stereocenters. The van der Waals surface area contributed by atoms with Crippen molar-refractivity contribution in [1.29, 1.82) is 0 Å². The van der Waals surface area contributed by atoms with E-state index in [1.54, 1.807) is 6.92 Å². The summed E-state index contributed by atoms with van der Waals surface area (Å²) in [6, 6.07) is 7.68. The first-order chi connectivity index (χ1) is 11.6. The van der Waals surface area contributed by atoms with Gasteiger partial charge >= 0.3 is 13.1 Å². The normalized spacial score (nSPS) is 18.4. The third kappa shape index (κ3) is 3.42. The Morgan fingerprint density at radius 1 is 1.24 bits per heavy atom. The van der Waals surface area contributed by atoms with E-state index in [1.165, 1.54) is 11.3 Å². The summed E-state index contributed by atoms with van der Waals surface area (Å²) in [4.78, 5) is 15.9. The van der Waals surface area contributed by atoms with Crippen LogP contribution in [0, 0.1) is 6.92 Å². The molecule has 0 radical (unpaired) electrons. The molecule has 0 saturated carbocycles.